The van der Waals surface area contributed by atoms with E-state index in [-0.39, 0.29) is 6.61 Å². The van der Waals surface area contributed by atoms with E-state index in [0.29, 0.717) is 5.56 Å². The molecule has 0 aliphatic carbocycles. The molecule has 0 aliphatic heterocycles. The van der Waals surface area contributed by atoms with E-state index in [9.17, 15) is 14.7 Å². The smallest absolute Gasteiger partial charge is 0.408 e. The van der Waals surface area contributed by atoms with Crippen molar-refractivity contribution in [2.24, 2.45) is 0 Å². The first-order chi connectivity index (χ1) is 11.1. The van der Waals surface area contributed by atoms with Crippen LogP contribution in [0.3, 0.4) is 0 Å². The minimum absolute atomic E-state index is 0.0529. The molecule has 0 saturated carbocycles. The van der Waals surface area contributed by atoms with Gasteiger partial charge < -0.3 is 20.3 Å². The molecule has 0 fully saturated rings. The molecular formula is C17H17NO5. The van der Waals surface area contributed by atoms with Crippen molar-refractivity contribution in [2.45, 2.75) is 18.8 Å². The number of nitrogens with one attached hydrogen (secondary N) is 1. The fourth-order valence-electron chi connectivity index (χ4n) is 2.04. The highest BCUT2D eigenvalue weighted by Gasteiger charge is 2.29. The van der Waals surface area contributed by atoms with Crippen molar-refractivity contribution < 1.29 is 24.5 Å². The van der Waals surface area contributed by atoms with E-state index in [1.54, 1.807) is 42.5 Å². The Hall–Kier alpha value is -2.86. The summed E-state index contributed by atoms with van der Waals surface area (Å²) in [5.74, 6) is -1.43. The first-order valence-electron chi connectivity index (χ1n) is 7.01. The summed E-state index contributed by atoms with van der Waals surface area (Å²) in [6.45, 7) is 0.0529. The summed E-state index contributed by atoms with van der Waals surface area (Å²) in [6, 6.07) is 16.3. The fourth-order valence-corrected chi connectivity index (χ4v) is 2.04. The standard InChI is InChI=1S/C17H17NO5/c19-15(16(20)21)14(13-9-5-2-6-10-13)18-17(22)23-11-12-7-3-1-4-8-12/h1-10,14-15,19H,11H2,(H,18,22)(H,20,21)/t14-,15-/m1/s1. The number of aliphatic hydroxyl groups excluding tert-OH is 1. The van der Waals surface area contributed by atoms with Gasteiger partial charge in [0, 0.05) is 0 Å². The van der Waals surface area contributed by atoms with Crippen LogP contribution >= 0.6 is 0 Å². The van der Waals surface area contributed by atoms with Gasteiger partial charge >= 0.3 is 12.1 Å². The number of hydrogen-bond donors (Lipinski definition) is 3. The molecule has 6 heteroatoms. The average molecular weight is 315 g/mol. The molecule has 120 valence electrons. The number of rotatable bonds is 6. The number of alkyl carbamates (subject to hydrolysis) is 1. The molecule has 0 unspecified atom stereocenters. The van der Waals surface area contributed by atoms with E-state index in [0.717, 1.165) is 5.56 Å². The number of carboxylic acid groups (broad SMARTS) is 1. The zero-order valence-corrected chi connectivity index (χ0v) is 12.3. The van der Waals surface area contributed by atoms with Crippen LogP contribution in [-0.4, -0.2) is 28.4 Å². The number of carboxylic acids is 1. The largest absolute Gasteiger partial charge is 0.479 e. The van der Waals surface area contributed by atoms with Gasteiger partial charge in [-0.2, -0.15) is 0 Å². The Morgan fingerprint density at radius 2 is 1.57 bits per heavy atom. The highest BCUT2D eigenvalue weighted by Crippen LogP contribution is 2.17. The zero-order valence-electron chi connectivity index (χ0n) is 12.3. The number of ether oxygens (including phenoxy) is 1. The summed E-state index contributed by atoms with van der Waals surface area (Å²) >= 11 is 0. The molecule has 0 spiro atoms. The maximum absolute atomic E-state index is 11.9. The second-order valence-electron chi connectivity index (χ2n) is 4.88. The molecule has 0 radical (unpaired) electrons. The number of aliphatic hydroxyl groups is 1. The monoisotopic (exact) mass is 315 g/mol. The summed E-state index contributed by atoms with van der Waals surface area (Å²) in [5, 5.41) is 21.2. The topological polar surface area (TPSA) is 95.9 Å². The number of carbonyl (C=O) groups excluding carboxylic acids is 1. The van der Waals surface area contributed by atoms with Crippen LogP contribution in [0.25, 0.3) is 0 Å². The van der Waals surface area contributed by atoms with Crippen molar-refractivity contribution >= 4 is 12.1 Å². The van der Waals surface area contributed by atoms with Crippen LogP contribution in [0.15, 0.2) is 60.7 Å². The molecule has 0 heterocycles. The van der Waals surface area contributed by atoms with Crippen LogP contribution in [0.5, 0.6) is 0 Å². The van der Waals surface area contributed by atoms with E-state index >= 15 is 0 Å². The highest BCUT2D eigenvalue weighted by molar-refractivity contribution is 5.75. The Labute approximate surface area is 133 Å². The Kier molecular flexibility index (Phi) is 5.71. The van der Waals surface area contributed by atoms with Gasteiger partial charge in [0.15, 0.2) is 6.10 Å². The quantitative estimate of drug-likeness (QED) is 0.758. The van der Waals surface area contributed by atoms with Gasteiger partial charge in [-0.15, -0.1) is 0 Å². The summed E-state index contributed by atoms with van der Waals surface area (Å²) in [5.41, 5.74) is 1.27. The number of benzene rings is 2. The lowest BCUT2D eigenvalue weighted by Crippen LogP contribution is -2.40. The second-order valence-corrected chi connectivity index (χ2v) is 4.88. The molecular weight excluding hydrogens is 298 g/mol. The molecule has 3 N–H and O–H groups in total. The Balaban J connectivity index is 2.02. The summed E-state index contributed by atoms with van der Waals surface area (Å²) in [6.07, 6.45) is -2.58. The van der Waals surface area contributed by atoms with Crippen molar-refractivity contribution in [3.8, 4) is 0 Å². The fraction of sp³-hybridized carbons (Fsp3) is 0.176. The third-order valence-corrected chi connectivity index (χ3v) is 3.21. The molecule has 1 amide bonds. The summed E-state index contributed by atoms with van der Waals surface area (Å²) in [7, 11) is 0. The highest BCUT2D eigenvalue weighted by atomic mass is 16.5. The lowest BCUT2D eigenvalue weighted by atomic mass is 10.0. The molecule has 23 heavy (non-hydrogen) atoms. The normalized spacial score (nSPS) is 12.9. The third kappa shape index (κ3) is 4.82. The summed E-state index contributed by atoms with van der Waals surface area (Å²) < 4.78 is 5.06. The van der Waals surface area contributed by atoms with Crippen molar-refractivity contribution in [2.75, 3.05) is 0 Å². The van der Waals surface area contributed by atoms with Gasteiger partial charge in [0.1, 0.15) is 6.61 Å². The van der Waals surface area contributed by atoms with Crippen LogP contribution in [0.1, 0.15) is 17.2 Å². The van der Waals surface area contributed by atoms with Crippen LogP contribution in [0.2, 0.25) is 0 Å². The van der Waals surface area contributed by atoms with E-state index in [4.69, 9.17) is 9.84 Å². The number of carbonyl (C=O) groups is 2. The number of hydrogen-bond acceptors (Lipinski definition) is 4. The predicted molar refractivity (Wildman–Crippen MR) is 82.6 cm³/mol. The molecule has 2 rings (SSSR count). The van der Waals surface area contributed by atoms with E-state index in [1.165, 1.54) is 0 Å². The SMILES string of the molecule is O=C(N[C@H](c1ccccc1)[C@@H](O)C(=O)O)OCc1ccccc1. The van der Waals surface area contributed by atoms with Gasteiger partial charge in [0.25, 0.3) is 0 Å². The first kappa shape index (κ1) is 16.5. The van der Waals surface area contributed by atoms with Crippen molar-refractivity contribution in [3.05, 3.63) is 71.8 Å². The molecule has 0 aromatic heterocycles. The number of aliphatic carboxylic acids is 1. The van der Waals surface area contributed by atoms with Crippen molar-refractivity contribution in [3.63, 3.8) is 0 Å². The number of amides is 1. The Morgan fingerprint density at radius 1 is 1.00 bits per heavy atom. The van der Waals surface area contributed by atoms with Crippen LogP contribution in [-0.2, 0) is 16.1 Å². The molecule has 2 aromatic rings. The predicted octanol–water partition coefficient (Wildman–Crippen LogP) is 2.10. The Bertz CT molecular complexity index is 645. The molecule has 6 nitrogen and oxygen atoms in total. The molecule has 2 atom stereocenters. The van der Waals surface area contributed by atoms with Gasteiger partial charge in [-0.1, -0.05) is 60.7 Å². The minimum Gasteiger partial charge on any atom is -0.479 e. The molecule has 0 saturated heterocycles. The van der Waals surface area contributed by atoms with Gasteiger partial charge in [-0.05, 0) is 11.1 Å². The van der Waals surface area contributed by atoms with Gasteiger partial charge in [0.2, 0.25) is 0 Å². The lowest BCUT2D eigenvalue weighted by molar-refractivity contribution is -0.148. The molecule has 0 aliphatic rings. The van der Waals surface area contributed by atoms with Crippen molar-refractivity contribution in [1.82, 2.24) is 5.32 Å². The van der Waals surface area contributed by atoms with E-state index in [2.05, 4.69) is 5.32 Å². The van der Waals surface area contributed by atoms with Crippen molar-refractivity contribution in [1.29, 1.82) is 0 Å². The minimum atomic E-state index is -1.78. The lowest BCUT2D eigenvalue weighted by Gasteiger charge is -2.21. The van der Waals surface area contributed by atoms with Gasteiger partial charge in [-0.25, -0.2) is 9.59 Å². The maximum Gasteiger partial charge on any atom is 0.408 e. The Morgan fingerprint density at radius 3 is 2.13 bits per heavy atom. The second kappa shape index (κ2) is 7.95. The third-order valence-electron chi connectivity index (χ3n) is 3.21. The van der Waals surface area contributed by atoms with E-state index in [1.807, 2.05) is 18.2 Å². The average Bonchev–Trinajstić information content (AvgIpc) is 2.59. The van der Waals surface area contributed by atoms with Crippen LogP contribution < -0.4 is 5.32 Å². The van der Waals surface area contributed by atoms with Gasteiger partial charge in [-0.3, -0.25) is 0 Å². The maximum atomic E-state index is 11.9. The van der Waals surface area contributed by atoms with Crippen LogP contribution in [0, 0.1) is 0 Å². The summed E-state index contributed by atoms with van der Waals surface area (Å²) in [4.78, 5) is 22.9. The molecule has 0 bridgehead atoms. The van der Waals surface area contributed by atoms with Crippen LogP contribution in [0.4, 0.5) is 4.79 Å². The molecule has 2 aromatic carbocycles. The first-order valence-corrected chi connectivity index (χ1v) is 7.01. The van der Waals surface area contributed by atoms with E-state index < -0.39 is 24.2 Å². The van der Waals surface area contributed by atoms with Gasteiger partial charge in [0.05, 0.1) is 6.04 Å². The zero-order chi connectivity index (χ0) is 16.7.